The standard InChI is InChI=1S/C24H25N5O5/c1-24(26-23(33)34,13-18-16-9-5-6-10-17(16)27-28-18)22(32)25-14-19(15-7-3-2-4-8-15)29-20(30)11-12-21(29)31/h2-10,19,26H,11-14H2,1H3,(H,25,32)(H,27,28)(H,33,34). The maximum atomic E-state index is 13.3. The zero-order chi connectivity index (χ0) is 24.3. The molecule has 10 heteroatoms. The van der Waals surface area contributed by atoms with Crippen LogP contribution in [0.2, 0.25) is 0 Å². The first-order valence-electron chi connectivity index (χ1n) is 10.9. The van der Waals surface area contributed by atoms with Crippen LogP contribution in [0.15, 0.2) is 54.6 Å². The van der Waals surface area contributed by atoms with Gasteiger partial charge in [0.1, 0.15) is 5.54 Å². The van der Waals surface area contributed by atoms with Gasteiger partial charge in [0.15, 0.2) is 0 Å². The number of carbonyl (C=O) groups is 4. The third-order valence-corrected chi connectivity index (χ3v) is 6.00. The van der Waals surface area contributed by atoms with Crippen LogP contribution >= 0.6 is 0 Å². The Morgan fingerprint density at radius 1 is 1.09 bits per heavy atom. The van der Waals surface area contributed by atoms with Crippen LogP contribution in [0.3, 0.4) is 0 Å². The number of rotatable bonds is 8. The van der Waals surface area contributed by atoms with Crippen molar-refractivity contribution in [3.8, 4) is 0 Å². The highest BCUT2D eigenvalue weighted by Gasteiger charge is 2.39. The van der Waals surface area contributed by atoms with Crippen LogP contribution in [0.5, 0.6) is 0 Å². The number of nitrogens with one attached hydrogen (secondary N) is 3. The SMILES string of the molecule is CC(Cc1[nH]nc2ccccc12)(NC(=O)O)C(=O)NCC(c1ccccc1)N1C(=O)CCC1=O. The molecule has 2 heterocycles. The molecular weight excluding hydrogens is 438 g/mol. The number of hydrogen-bond acceptors (Lipinski definition) is 5. The largest absolute Gasteiger partial charge is 0.465 e. The van der Waals surface area contributed by atoms with Crippen molar-refractivity contribution in [1.29, 1.82) is 0 Å². The summed E-state index contributed by atoms with van der Waals surface area (Å²) >= 11 is 0. The first kappa shape index (κ1) is 23.0. The predicted octanol–water partition coefficient (Wildman–Crippen LogP) is 2.14. The Labute approximate surface area is 195 Å². The van der Waals surface area contributed by atoms with Gasteiger partial charge < -0.3 is 15.7 Å². The second kappa shape index (κ2) is 9.34. The Kier molecular flexibility index (Phi) is 6.31. The molecule has 1 saturated heterocycles. The summed E-state index contributed by atoms with van der Waals surface area (Å²) in [5, 5.41) is 22.4. The molecular formula is C24H25N5O5. The van der Waals surface area contributed by atoms with Gasteiger partial charge in [0.25, 0.3) is 0 Å². The van der Waals surface area contributed by atoms with Crippen molar-refractivity contribution in [2.24, 2.45) is 0 Å². The third-order valence-electron chi connectivity index (χ3n) is 6.00. The van der Waals surface area contributed by atoms with Crippen molar-refractivity contribution < 1.29 is 24.3 Å². The number of benzene rings is 2. The van der Waals surface area contributed by atoms with Crippen molar-refractivity contribution >= 4 is 34.7 Å². The Balaban J connectivity index is 1.58. The van der Waals surface area contributed by atoms with Gasteiger partial charge in [0, 0.05) is 36.9 Å². The number of hydrogen-bond donors (Lipinski definition) is 4. The molecule has 1 aromatic heterocycles. The lowest BCUT2D eigenvalue weighted by Crippen LogP contribution is -2.59. The molecule has 2 aromatic carbocycles. The van der Waals surface area contributed by atoms with E-state index in [4.69, 9.17) is 0 Å². The Morgan fingerprint density at radius 2 is 1.74 bits per heavy atom. The van der Waals surface area contributed by atoms with E-state index in [1.807, 2.05) is 30.3 Å². The summed E-state index contributed by atoms with van der Waals surface area (Å²) in [5.41, 5.74) is 0.456. The number of para-hydroxylation sites is 1. The summed E-state index contributed by atoms with van der Waals surface area (Å²) in [6, 6.07) is 15.6. The molecule has 4 amide bonds. The molecule has 0 radical (unpaired) electrons. The number of carbonyl (C=O) groups excluding carboxylic acids is 3. The van der Waals surface area contributed by atoms with Crippen LogP contribution in [0.1, 0.15) is 37.1 Å². The minimum atomic E-state index is -1.54. The molecule has 10 nitrogen and oxygen atoms in total. The number of carboxylic acid groups (broad SMARTS) is 1. The van der Waals surface area contributed by atoms with Crippen molar-refractivity contribution in [3.63, 3.8) is 0 Å². The number of nitrogens with zero attached hydrogens (tertiary/aromatic N) is 2. The molecule has 0 aliphatic carbocycles. The van der Waals surface area contributed by atoms with E-state index in [9.17, 15) is 24.3 Å². The van der Waals surface area contributed by atoms with Crippen molar-refractivity contribution in [3.05, 3.63) is 65.9 Å². The fraction of sp³-hybridized carbons (Fsp3) is 0.292. The van der Waals surface area contributed by atoms with E-state index in [2.05, 4.69) is 20.8 Å². The lowest BCUT2D eigenvalue weighted by atomic mass is 9.93. The molecule has 2 atom stereocenters. The van der Waals surface area contributed by atoms with Gasteiger partial charge in [0.05, 0.1) is 11.6 Å². The van der Waals surface area contributed by atoms with Gasteiger partial charge in [-0.2, -0.15) is 5.10 Å². The maximum absolute atomic E-state index is 13.3. The molecule has 3 aromatic rings. The average molecular weight is 463 g/mol. The second-order valence-corrected chi connectivity index (χ2v) is 8.45. The summed E-state index contributed by atoms with van der Waals surface area (Å²) in [6.45, 7) is 1.43. The van der Waals surface area contributed by atoms with Crippen LogP contribution in [0.4, 0.5) is 4.79 Å². The first-order chi connectivity index (χ1) is 16.3. The monoisotopic (exact) mass is 463 g/mol. The molecule has 4 N–H and O–H groups in total. The maximum Gasteiger partial charge on any atom is 0.405 e. The minimum absolute atomic E-state index is 0.0171. The highest BCUT2D eigenvalue weighted by atomic mass is 16.4. The molecule has 0 bridgehead atoms. The summed E-state index contributed by atoms with van der Waals surface area (Å²) in [6.07, 6.45) is -1.09. The van der Waals surface area contributed by atoms with Gasteiger partial charge in [-0.3, -0.25) is 24.4 Å². The van der Waals surface area contributed by atoms with Crippen LogP contribution in [0, 0.1) is 0 Å². The van der Waals surface area contributed by atoms with Gasteiger partial charge in [0.2, 0.25) is 17.7 Å². The predicted molar refractivity (Wildman–Crippen MR) is 123 cm³/mol. The number of aromatic nitrogens is 2. The van der Waals surface area contributed by atoms with E-state index in [0.29, 0.717) is 16.8 Å². The Morgan fingerprint density at radius 3 is 2.41 bits per heavy atom. The van der Waals surface area contributed by atoms with E-state index in [-0.39, 0.29) is 37.6 Å². The van der Waals surface area contributed by atoms with Crippen LogP contribution in [-0.4, -0.2) is 56.1 Å². The number of H-pyrrole nitrogens is 1. The van der Waals surface area contributed by atoms with E-state index < -0.39 is 23.6 Å². The Hall–Kier alpha value is -4.21. The van der Waals surface area contributed by atoms with Crippen molar-refractivity contribution in [2.45, 2.75) is 37.8 Å². The number of aromatic amines is 1. The molecule has 176 valence electrons. The van der Waals surface area contributed by atoms with Gasteiger partial charge in [-0.25, -0.2) is 4.79 Å². The lowest BCUT2D eigenvalue weighted by molar-refractivity contribution is -0.142. The molecule has 1 aliphatic rings. The summed E-state index contributed by atoms with van der Waals surface area (Å²) in [7, 11) is 0. The number of likely N-dealkylation sites (tertiary alicyclic amines) is 1. The number of fused-ring (bicyclic) bond motifs is 1. The normalized spacial score (nSPS) is 16.3. The quantitative estimate of drug-likeness (QED) is 0.377. The fourth-order valence-corrected chi connectivity index (χ4v) is 4.28. The fourth-order valence-electron chi connectivity index (χ4n) is 4.28. The highest BCUT2D eigenvalue weighted by molar-refractivity contribution is 6.02. The summed E-state index contributed by atoms with van der Waals surface area (Å²) in [4.78, 5) is 50.9. The molecule has 1 fully saturated rings. The topological polar surface area (TPSA) is 144 Å². The molecule has 34 heavy (non-hydrogen) atoms. The van der Waals surface area contributed by atoms with Crippen molar-refractivity contribution in [2.75, 3.05) is 6.54 Å². The van der Waals surface area contributed by atoms with E-state index in [1.165, 1.54) is 11.8 Å². The molecule has 2 unspecified atom stereocenters. The minimum Gasteiger partial charge on any atom is -0.465 e. The van der Waals surface area contributed by atoms with Crippen molar-refractivity contribution in [1.82, 2.24) is 25.7 Å². The van der Waals surface area contributed by atoms with Gasteiger partial charge in [-0.15, -0.1) is 0 Å². The highest BCUT2D eigenvalue weighted by Crippen LogP contribution is 2.27. The molecule has 1 aliphatic heterocycles. The zero-order valence-corrected chi connectivity index (χ0v) is 18.6. The van der Waals surface area contributed by atoms with Gasteiger partial charge in [-0.1, -0.05) is 48.5 Å². The van der Waals surface area contributed by atoms with Gasteiger partial charge in [-0.05, 0) is 18.6 Å². The van der Waals surface area contributed by atoms with Gasteiger partial charge >= 0.3 is 6.09 Å². The third kappa shape index (κ3) is 4.61. The number of imide groups is 1. The smallest absolute Gasteiger partial charge is 0.405 e. The Bertz CT molecular complexity index is 1220. The molecule has 0 spiro atoms. The van der Waals surface area contributed by atoms with E-state index in [0.717, 1.165) is 5.39 Å². The van der Waals surface area contributed by atoms with Crippen LogP contribution < -0.4 is 10.6 Å². The zero-order valence-electron chi connectivity index (χ0n) is 18.6. The van der Waals surface area contributed by atoms with E-state index >= 15 is 0 Å². The average Bonchev–Trinajstić information content (AvgIpc) is 3.37. The summed E-state index contributed by atoms with van der Waals surface area (Å²) in [5.74, 6) is -1.19. The lowest BCUT2D eigenvalue weighted by Gasteiger charge is -2.31. The second-order valence-electron chi connectivity index (χ2n) is 8.45. The first-order valence-corrected chi connectivity index (χ1v) is 10.9. The van der Waals surface area contributed by atoms with E-state index in [1.54, 1.807) is 24.3 Å². The van der Waals surface area contributed by atoms with Crippen LogP contribution in [0.25, 0.3) is 10.9 Å². The molecule has 0 saturated carbocycles. The van der Waals surface area contributed by atoms with Crippen LogP contribution in [-0.2, 0) is 20.8 Å². The summed E-state index contributed by atoms with van der Waals surface area (Å²) < 4.78 is 0. The number of amides is 4. The molecule has 4 rings (SSSR count).